The maximum Gasteiger partial charge on any atom is 0.336 e. The molecule has 0 radical (unpaired) electrons. The normalized spacial score (nSPS) is 28.2. The van der Waals surface area contributed by atoms with E-state index in [1.807, 2.05) is 6.07 Å². The van der Waals surface area contributed by atoms with Gasteiger partial charge in [0.25, 0.3) is 5.91 Å². The number of carboxylic acid groups (broad SMARTS) is 3. The van der Waals surface area contributed by atoms with Gasteiger partial charge in [0.1, 0.15) is 5.54 Å². The molecular formula is C21H22Cl2FN3O9. The highest BCUT2D eigenvalue weighted by molar-refractivity contribution is 6.42. The molecule has 1 amide bonds. The number of aliphatic hydroxyl groups is 1. The van der Waals surface area contributed by atoms with Gasteiger partial charge in [-0.25, -0.2) is 9.18 Å². The number of fused-ring (bicyclic) bond motifs is 1. The number of nitriles is 1. The van der Waals surface area contributed by atoms with E-state index in [-0.39, 0.29) is 13.0 Å². The van der Waals surface area contributed by atoms with E-state index in [0.29, 0.717) is 10.0 Å². The van der Waals surface area contributed by atoms with Crippen LogP contribution in [-0.2, 0) is 30.5 Å². The molecule has 0 bridgehead atoms. The van der Waals surface area contributed by atoms with Gasteiger partial charge in [0.15, 0.2) is 11.3 Å². The number of carbonyl (C=O) groups excluding carboxylic acids is 1. The van der Waals surface area contributed by atoms with E-state index in [0.717, 1.165) is 5.56 Å². The van der Waals surface area contributed by atoms with Crippen LogP contribution < -0.4 is 11.5 Å². The molecule has 0 saturated heterocycles. The number of hydrogen-bond acceptors (Lipinski definition) is 8. The first kappa shape index (κ1) is 29.2. The predicted octanol–water partition coefficient (Wildman–Crippen LogP) is 0.694. The molecule has 1 aromatic rings. The van der Waals surface area contributed by atoms with Crippen LogP contribution in [0, 0.1) is 23.2 Å². The molecule has 8 N–H and O–H groups in total. The highest BCUT2D eigenvalue weighted by atomic mass is 35.5. The topological polar surface area (TPSA) is 234 Å². The van der Waals surface area contributed by atoms with Gasteiger partial charge < -0.3 is 36.6 Å². The van der Waals surface area contributed by atoms with Crippen molar-refractivity contribution in [2.45, 2.75) is 48.8 Å². The molecule has 1 aromatic carbocycles. The van der Waals surface area contributed by atoms with Crippen molar-refractivity contribution >= 4 is 47.0 Å². The van der Waals surface area contributed by atoms with Gasteiger partial charge in [-0.05, 0) is 24.1 Å². The van der Waals surface area contributed by atoms with Gasteiger partial charge in [-0.3, -0.25) is 14.4 Å². The van der Waals surface area contributed by atoms with Crippen LogP contribution in [-0.4, -0.2) is 67.2 Å². The fourth-order valence-electron chi connectivity index (χ4n) is 4.26. The summed E-state index contributed by atoms with van der Waals surface area (Å²) >= 11 is 11.8. The number of nitrogens with two attached hydrogens (primary N) is 2. The maximum atomic E-state index is 14.5. The van der Waals surface area contributed by atoms with Crippen LogP contribution >= 0.6 is 23.2 Å². The summed E-state index contributed by atoms with van der Waals surface area (Å²) in [5.74, 6) is -7.67. The van der Waals surface area contributed by atoms with Crippen LogP contribution in [0.4, 0.5) is 4.39 Å². The van der Waals surface area contributed by atoms with Gasteiger partial charge in [-0.2, -0.15) is 5.26 Å². The molecule has 0 spiro atoms. The largest absolute Gasteiger partial charge is 0.481 e. The number of amides is 1. The van der Waals surface area contributed by atoms with Crippen LogP contribution in [0.15, 0.2) is 18.2 Å². The molecule has 2 aliphatic carbocycles. The molecule has 0 unspecified atom stereocenters. The summed E-state index contributed by atoms with van der Waals surface area (Å²) in [6.45, 7) is 0.150. The molecule has 2 saturated carbocycles. The number of ether oxygens (including phenoxy) is 1. The van der Waals surface area contributed by atoms with E-state index in [2.05, 4.69) is 0 Å². The van der Waals surface area contributed by atoms with E-state index in [1.165, 1.54) is 0 Å². The van der Waals surface area contributed by atoms with Crippen molar-refractivity contribution in [3.63, 3.8) is 0 Å². The molecule has 196 valence electrons. The van der Waals surface area contributed by atoms with Crippen molar-refractivity contribution < 1.29 is 48.7 Å². The molecule has 15 heteroatoms. The van der Waals surface area contributed by atoms with E-state index >= 15 is 0 Å². The van der Waals surface area contributed by atoms with Crippen molar-refractivity contribution in [1.82, 2.24) is 0 Å². The van der Waals surface area contributed by atoms with Crippen molar-refractivity contribution in [3.8, 4) is 6.07 Å². The van der Waals surface area contributed by atoms with E-state index < -0.39 is 71.4 Å². The van der Waals surface area contributed by atoms with Crippen LogP contribution in [0.1, 0.15) is 24.8 Å². The van der Waals surface area contributed by atoms with Crippen molar-refractivity contribution in [2.75, 3.05) is 0 Å². The third-order valence-corrected chi connectivity index (χ3v) is 6.83. The minimum absolute atomic E-state index is 0.150. The number of primary amides is 1. The fraction of sp³-hybridized carbons (Fsp3) is 0.476. The number of halogens is 3. The van der Waals surface area contributed by atoms with E-state index in [1.54, 1.807) is 18.2 Å². The number of carboxylic acids is 3. The summed E-state index contributed by atoms with van der Waals surface area (Å²) in [7, 11) is 0. The first-order valence-corrected chi connectivity index (χ1v) is 10.9. The second kappa shape index (κ2) is 10.5. The van der Waals surface area contributed by atoms with Gasteiger partial charge in [0.05, 0.1) is 41.7 Å². The molecule has 0 heterocycles. The average Bonchev–Trinajstić information content (AvgIpc) is 3.25. The van der Waals surface area contributed by atoms with Crippen molar-refractivity contribution in [2.24, 2.45) is 23.3 Å². The van der Waals surface area contributed by atoms with Crippen molar-refractivity contribution in [1.29, 1.82) is 5.26 Å². The Hall–Kier alpha value is -3.02. The summed E-state index contributed by atoms with van der Waals surface area (Å²) in [6, 6.07) is 6.92. The third kappa shape index (κ3) is 5.69. The first-order valence-electron chi connectivity index (χ1n) is 10.2. The zero-order chi connectivity index (χ0) is 27.6. The lowest BCUT2D eigenvalue weighted by molar-refractivity contribution is -0.170. The molecule has 5 atom stereocenters. The maximum absolute atomic E-state index is 14.5. The number of alkyl halides is 1. The smallest absolute Gasteiger partial charge is 0.336 e. The number of aliphatic carboxylic acids is 3. The zero-order valence-electron chi connectivity index (χ0n) is 18.4. The minimum atomic E-state index is -2.74. The molecule has 2 aliphatic rings. The Morgan fingerprint density at radius 1 is 1.17 bits per heavy atom. The molecule has 0 aromatic heterocycles. The van der Waals surface area contributed by atoms with Crippen molar-refractivity contribution in [3.05, 3.63) is 33.8 Å². The van der Waals surface area contributed by atoms with E-state index in [4.69, 9.17) is 59.8 Å². The Balaban J connectivity index is 0.000000302. The van der Waals surface area contributed by atoms with E-state index in [9.17, 15) is 28.8 Å². The number of rotatable bonds is 9. The lowest BCUT2D eigenvalue weighted by Gasteiger charge is -2.29. The highest BCUT2D eigenvalue weighted by Gasteiger charge is 2.82. The molecule has 2 fully saturated rings. The lowest BCUT2D eigenvalue weighted by Crippen LogP contribution is -2.54. The number of benzene rings is 1. The fourth-order valence-corrected chi connectivity index (χ4v) is 4.58. The SMILES string of the molecule is N#C[C@@]1(N)[C@H]2[C@@H](C[C@H]1OCc1ccc(Cl)c(Cl)c1)[C@]2(F)C(N)=O.O=C(O)CC(O)(CC(=O)O)C(=O)O. The first-order chi connectivity index (χ1) is 16.5. The molecule has 36 heavy (non-hydrogen) atoms. The molecule has 12 nitrogen and oxygen atoms in total. The number of hydrogen-bond donors (Lipinski definition) is 6. The summed E-state index contributed by atoms with van der Waals surface area (Å²) in [5, 5.41) is 44.0. The minimum Gasteiger partial charge on any atom is -0.481 e. The highest BCUT2D eigenvalue weighted by Crippen LogP contribution is 2.66. The zero-order valence-corrected chi connectivity index (χ0v) is 19.9. The van der Waals surface area contributed by atoms with Gasteiger partial charge in [0.2, 0.25) is 0 Å². The summed E-state index contributed by atoms with van der Waals surface area (Å²) in [5.41, 5.74) is 5.36. The molecule has 3 rings (SSSR count). The van der Waals surface area contributed by atoms with Gasteiger partial charge in [0, 0.05) is 11.8 Å². The number of carbonyl (C=O) groups is 4. The Morgan fingerprint density at radius 2 is 1.72 bits per heavy atom. The molecule has 0 aliphatic heterocycles. The van der Waals surface area contributed by atoms with Gasteiger partial charge in [-0.1, -0.05) is 29.3 Å². The second-order valence-electron chi connectivity index (χ2n) is 8.52. The van der Waals surface area contributed by atoms with Crippen LogP contribution in [0.2, 0.25) is 10.0 Å². The quantitative estimate of drug-likeness (QED) is 0.250. The Labute approximate surface area is 213 Å². The Morgan fingerprint density at radius 3 is 2.14 bits per heavy atom. The van der Waals surface area contributed by atoms with Crippen LogP contribution in [0.25, 0.3) is 0 Å². The Bertz CT molecular complexity index is 1110. The number of nitrogens with zero attached hydrogens (tertiary/aromatic N) is 1. The lowest BCUT2D eigenvalue weighted by atomic mass is 9.89. The summed E-state index contributed by atoms with van der Waals surface area (Å²) in [6.07, 6.45) is -2.79. The Kier molecular flexibility index (Phi) is 8.55. The predicted molar refractivity (Wildman–Crippen MR) is 119 cm³/mol. The summed E-state index contributed by atoms with van der Waals surface area (Å²) < 4.78 is 20.2. The summed E-state index contributed by atoms with van der Waals surface area (Å²) in [4.78, 5) is 41.8. The standard InChI is InChI=1S/C15H14Cl2FN3O2.C6H8O7/c16-9-2-1-7(3-10(9)17)5-23-11-4-8-12(14(11,21)6-19)15(8,18)13(20)22;7-3(8)1-6(13,5(11)12)2-4(9)10/h1-3,8,11-12H,4-5,21H2,(H2,20,22);13H,1-2H2,(H,7,8)(H,9,10)(H,11,12)/t8-,11-,12-,14+,15-;/m1./s1. The second-order valence-corrected chi connectivity index (χ2v) is 9.34. The van der Waals surface area contributed by atoms with Crippen LogP contribution in [0.5, 0.6) is 0 Å². The van der Waals surface area contributed by atoms with Gasteiger partial charge in [-0.15, -0.1) is 0 Å². The monoisotopic (exact) mass is 549 g/mol. The molecular weight excluding hydrogens is 528 g/mol. The van der Waals surface area contributed by atoms with Gasteiger partial charge >= 0.3 is 17.9 Å². The third-order valence-electron chi connectivity index (χ3n) is 6.09. The average molecular weight is 550 g/mol. The van der Waals surface area contributed by atoms with Crippen LogP contribution in [0.3, 0.4) is 0 Å².